The summed E-state index contributed by atoms with van der Waals surface area (Å²) in [5, 5.41) is 8.56. The lowest BCUT2D eigenvalue weighted by atomic mass is 10.1. The lowest BCUT2D eigenvalue weighted by Gasteiger charge is -2.20. The first-order valence-corrected chi connectivity index (χ1v) is 6.07. The summed E-state index contributed by atoms with van der Waals surface area (Å²) in [5.74, 6) is -1.28. The van der Waals surface area contributed by atoms with Crippen LogP contribution in [-0.2, 0) is 4.79 Å². The Kier molecular flexibility index (Phi) is 4.15. The molecule has 0 unspecified atom stereocenters. The first-order valence-electron chi connectivity index (χ1n) is 6.07. The van der Waals surface area contributed by atoms with Crippen LogP contribution < -0.4 is 4.90 Å². The van der Waals surface area contributed by atoms with Gasteiger partial charge < -0.3 is 10.0 Å². The van der Waals surface area contributed by atoms with Crippen LogP contribution >= 0.6 is 0 Å². The van der Waals surface area contributed by atoms with Gasteiger partial charge in [-0.05, 0) is 35.9 Å². The molecule has 0 heterocycles. The molecular formula is C16H14FNO2. The van der Waals surface area contributed by atoms with Gasteiger partial charge in [-0.1, -0.05) is 24.3 Å². The van der Waals surface area contributed by atoms with Gasteiger partial charge in [0.05, 0.1) is 5.69 Å². The summed E-state index contributed by atoms with van der Waals surface area (Å²) in [7, 11) is 1.78. The van der Waals surface area contributed by atoms with Crippen LogP contribution in [0, 0.1) is 5.82 Å². The highest BCUT2D eigenvalue weighted by molar-refractivity contribution is 5.85. The molecule has 2 aromatic rings. The molecule has 0 aliphatic rings. The van der Waals surface area contributed by atoms with Gasteiger partial charge in [0.2, 0.25) is 0 Å². The highest BCUT2D eigenvalue weighted by atomic mass is 19.1. The molecule has 0 atom stereocenters. The first kappa shape index (κ1) is 13.8. The zero-order chi connectivity index (χ0) is 14.5. The fourth-order valence-corrected chi connectivity index (χ4v) is 1.84. The van der Waals surface area contributed by atoms with E-state index in [9.17, 15) is 9.18 Å². The van der Waals surface area contributed by atoms with E-state index < -0.39 is 5.97 Å². The number of nitrogens with zero attached hydrogens (tertiary/aromatic N) is 1. The number of carbonyl (C=O) groups is 1. The Morgan fingerprint density at radius 3 is 2.40 bits per heavy atom. The van der Waals surface area contributed by atoms with E-state index in [2.05, 4.69) is 0 Å². The van der Waals surface area contributed by atoms with Crippen molar-refractivity contribution in [3.05, 3.63) is 66.0 Å². The zero-order valence-electron chi connectivity index (χ0n) is 11.0. The topological polar surface area (TPSA) is 40.5 Å². The van der Waals surface area contributed by atoms with Crippen LogP contribution in [0.25, 0.3) is 6.08 Å². The number of aliphatic carboxylic acids is 1. The molecule has 0 fully saturated rings. The summed E-state index contributed by atoms with van der Waals surface area (Å²) >= 11 is 0. The van der Waals surface area contributed by atoms with Gasteiger partial charge in [-0.3, -0.25) is 0 Å². The van der Waals surface area contributed by atoms with E-state index in [0.717, 1.165) is 17.3 Å². The molecule has 0 saturated carbocycles. The minimum absolute atomic E-state index is 0.287. The number of para-hydroxylation sites is 1. The molecule has 1 N–H and O–H groups in total. The molecule has 0 saturated heterocycles. The first-order chi connectivity index (χ1) is 9.58. The summed E-state index contributed by atoms with van der Waals surface area (Å²) in [5.41, 5.74) is 2.09. The van der Waals surface area contributed by atoms with Crippen LogP contribution in [0.15, 0.2) is 54.6 Å². The SMILES string of the molecule is CN(c1ccc(C=CC(=O)O)cc1)c1ccccc1F. The number of hydrogen-bond acceptors (Lipinski definition) is 2. The van der Waals surface area contributed by atoms with E-state index in [1.165, 1.54) is 12.1 Å². The highest BCUT2D eigenvalue weighted by Crippen LogP contribution is 2.26. The second-order valence-electron chi connectivity index (χ2n) is 4.27. The predicted molar refractivity (Wildman–Crippen MR) is 77.6 cm³/mol. The Bertz CT molecular complexity index is 635. The third-order valence-corrected chi connectivity index (χ3v) is 2.91. The van der Waals surface area contributed by atoms with Gasteiger partial charge in [0.1, 0.15) is 5.82 Å². The number of anilines is 2. The predicted octanol–water partition coefficient (Wildman–Crippen LogP) is 3.69. The van der Waals surface area contributed by atoms with E-state index in [1.54, 1.807) is 42.3 Å². The monoisotopic (exact) mass is 271 g/mol. The van der Waals surface area contributed by atoms with E-state index in [1.807, 2.05) is 12.1 Å². The van der Waals surface area contributed by atoms with E-state index in [0.29, 0.717) is 5.69 Å². The molecular weight excluding hydrogens is 257 g/mol. The molecule has 102 valence electrons. The van der Waals surface area contributed by atoms with Crippen LogP contribution in [0.2, 0.25) is 0 Å². The number of rotatable bonds is 4. The van der Waals surface area contributed by atoms with Gasteiger partial charge >= 0.3 is 5.97 Å². The summed E-state index contributed by atoms with van der Waals surface area (Å²) in [6.45, 7) is 0. The zero-order valence-corrected chi connectivity index (χ0v) is 11.0. The van der Waals surface area contributed by atoms with Crippen molar-refractivity contribution in [1.82, 2.24) is 0 Å². The fourth-order valence-electron chi connectivity index (χ4n) is 1.84. The van der Waals surface area contributed by atoms with Crippen LogP contribution in [0.1, 0.15) is 5.56 Å². The largest absolute Gasteiger partial charge is 0.478 e. The molecule has 4 heteroatoms. The van der Waals surface area contributed by atoms with Crippen molar-refractivity contribution in [2.75, 3.05) is 11.9 Å². The molecule has 2 rings (SSSR count). The van der Waals surface area contributed by atoms with Gasteiger partial charge in [-0.15, -0.1) is 0 Å². The van der Waals surface area contributed by atoms with Crippen molar-refractivity contribution >= 4 is 23.4 Å². The minimum atomic E-state index is -0.988. The second-order valence-corrected chi connectivity index (χ2v) is 4.27. The molecule has 0 radical (unpaired) electrons. The average Bonchev–Trinajstić information content (AvgIpc) is 2.45. The second kappa shape index (κ2) is 6.02. The van der Waals surface area contributed by atoms with Crippen molar-refractivity contribution < 1.29 is 14.3 Å². The van der Waals surface area contributed by atoms with Crippen LogP contribution in [0.5, 0.6) is 0 Å². The highest BCUT2D eigenvalue weighted by Gasteiger charge is 2.08. The number of carboxylic acids is 1. The third kappa shape index (κ3) is 3.23. The summed E-state index contributed by atoms with van der Waals surface area (Å²) in [4.78, 5) is 12.2. The minimum Gasteiger partial charge on any atom is -0.478 e. The molecule has 20 heavy (non-hydrogen) atoms. The van der Waals surface area contributed by atoms with Crippen molar-refractivity contribution in [3.8, 4) is 0 Å². The molecule has 3 nitrogen and oxygen atoms in total. The number of benzene rings is 2. The Morgan fingerprint density at radius 1 is 1.15 bits per heavy atom. The van der Waals surface area contributed by atoms with Gasteiger partial charge in [-0.25, -0.2) is 9.18 Å². The molecule has 0 spiro atoms. The van der Waals surface area contributed by atoms with Crippen molar-refractivity contribution in [2.45, 2.75) is 0 Å². The summed E-state index contributed by atoms with van der Waals surface area (Å²) in [6.07, 6.45) is 2.59. The van der Waals surface area contributed by atoms with Gasteiger partial charge in [-0.2, -0.15) is 0 Å². The summed E-state index contributed by atoms with van der Waals surface area (Å²) < 4.78 is 13.7. The van der Waals surface area contributed by atoms with Crippen molar-refractivity contribution in [2.24, 2.45) is 0 Å². The maximum Gasteiger partial charge on any atom is 0.328 e. The Morgan fingerprint density at radius 2 is 1.80 bits per heavy atom. The standard InChI is InChI=1S/C16H14FNO2/c1-18(15-5-3-2-4-14(15)17)13-9-6-12(7-10-13)8-11-16(19)20/h2-11H,1H3,(H,19,20). The molecule has 2 aromatic carbocycles. The number of halogens is 1. The van der Waals surface area contributed by atoms with E-state index in [4.69, 9.17) is 5.11 Å². The lowest BCUT2D eigenvalue weighted by molar-refractivity contribution is -0.131. The number of hydrogen-bond donors (Lipinski definition) is 1. The van der Waals surface area contributed by atoms with Crippen LogP contribution in [0.3, 0.4) is 0 Å². The Hall–Kier alpha value is -2.62. The van der Waals surface area contributed by atoms with Crippen molar-refractivity contribution in [3.63, 3.8) is 0 Å². The molecule has 0 amide bonds. The average molecular weight is 271 g/mol. The smallest absolute Gasteiger partial charge is 0.328 e. The van der Waals surface area contributed by atoms with Crippen molar-refractivity contribution in [1.29, 1.82) is 0 Å². The quantitative estimate of drug-likeness (QED) is 0.862. The number of carboxylic acid groups (broad SMARTS) is 1. The van der Waals surface area contributed by atoms with E-state index in [-0.39, 0.29) is 5.82 Å². The van der Waals surface area contributed by atoms with E-state index >= 15 is 0 Å². The fraction of sp³-hybridized carbons (Fsp3) is 0.0625. The third-order valence-electron chi connectivity index (χ3n) is 2.91. The van der Waals surface area contributed by atoms with Gasteiger partial charge in [0.15, 0.2) is 0 Å². The molecule has 0 aliphatic heterocycles. The summed E-state index contributed by atoms with van der Waals surface area (Å²) in [6, 6.07) is 13.7. The lowest BCUT2D eigenvalue weighted by Crippen LogP contribution is -2.10. The van der Waals surface area contributed by atoms with Gasteiger partial charge in [0.25, 0.3) is 0 Å². The molecule has 0 aromatic heterocycles. The Balaban J connectivity index is 2.22. The van der Waals surface area contributed by atoms with Crippen LogP contribution in [0.4, 0.5) is 15.8 Å². The maximum atomic E-state index is 13.7. The maximum absolute atomic E-state index is 13.7. The molecule has 0 bridgehead atoms. The molecule has 0 aliphatic carbocycles. The van der Waals surface area contributed by atoms with Gasteiger partial charge in [0, 0.05) is 18.8 Å². The van der Waals surface area contributed by atoms with Crippen LogP contribution in [-0.4, -0.2) is 18.1 Å². The normalized spacial score (nSPS) is 10.7. The Labute approximate surface area is 116 Å².